The minimum absolute atomic E-state index is 0.0447. The number of Topliss-reactive ketones (excluding diaryl/α,β-unsaturated/α-hetero) is 1. The van der Waals surface area contributed by atoms with Crippen LogP contribution in [0.25, 0.3) is 0 Å². The van der Waals surface area contributed by atoms with Gasteiger partial charge in [-0.2, -0.15) is 0 Å². The highest BCUT2D eigenvalue weighted by molar-refractivity contribution is 6.34. The van der Waals surface area contributed by atoms with Gasteiger partial charge in [0.1, 0.15) is 12.4 Å². The van der Waals surface area contributed by atoms with Crippen LogP contribution < -0.4 is 4.74 Å². The van der Waals surface area contributed by atoms with Crippen LogP contribution >= 0.6 is 11.6 Å². The Bertz CT molecular complexity index is 603. The van der Waals surface area contributed by atoms with Crippen LogP contribution in [0.4, 0.5) is 0 Å². The van der Waals surface area contributed by atoms with Crippen LogP contribution in [0.1, 0.15) is 35.3 Å². The molecule has 3 heteroatoms. The van der Waals surface area contributed by atoms with Crippen LogP contribution in [0.15, 0.2) is 42.5 Å². The van der Waals surface area contributed by atoms with Gasteiger partial charge in [-0.25, -0.2) is 0 Å². The molecule has 0 aliphatic carbocycles. The summed E-state index contributed by atoms with van der Waals surface area (Å²) in [6, 6.07) is 13.5. The predicted octanol–water partition coefficient (Wildman–Crippen LogP) is 4.68. The molecule has 0 saturated heterocycles. The lowest BCUT2D eigenvalue weighted by atomic mass is 10.1. The molecule has 0 unspecified atom stereocenters. The second kappa shape index (κ2) is 6.58. The zero-order chi connectivity index (χ0) is 14.5. The van der Waals surface area contributed by atoms with Gasteiger partial charge in [0.15, 0.2) is 5.78 Å². The fraction of sp³-hybridized carbons (Fsp3) is 0.235. The monoisotopic (exact) mass is 288 g/mol. The number of ketones is 1. The summed E-state index contributed by atoms with van der Waals surface area (Å²) < 4.78 is 5.69. The van der Waals surface area contributed by atoms with Gasteiger partial charge in [0.25, 0.3) is 0 Å². The average Bonchev–Trinajstić information content (AvgIpc) is 2.45. The van der Waals surface area contributed by atoms with E-state index < -0.39 is 0 Å². The maximum atomic E-state index is 11.3. The normalized spacial score (nSPS) is 10.3. The van der Waals surface area contributed by atoms with Crippen molar-refractivity contribution in [2.75, 3.05) is 0 Å². The van der Waals surface area contributed by atoms with E-state index in [0.29, 0.717) is 22.9 Å². The third kappa shape index (κ3) is 3.61. The Balaban J connectivity index is 2.03. The van der Waals surface area contributed by atoms with E-state index in [4.69, 9.17) is 16.3 Å². The van der Waals surface area contributed by atoms with Gasteiger partial charge < -0.3 is 4.74 Å². The van der Waals surface area contributed by atoms with Crippen molar-refractivity contribution in [1.82, 2.24) is 0 Å². The van der Waals surface area contributed by atoms with Crippen LogP contribution in [0.5, 0.6) is 5.75 Å². The number of halogens is 1. The number of aryl methyl sites for hydroxylation is 1. The predicted molar refractivity (Wildman–Crippen MR) is 81.6 cm³/mol. The van der Waals surface area contributed by atoms with Crippen molar-refractivity contribution in [3.63, 3.8) is 0 Å². The molecular formula is C17H17ClO2. The molecule has 0 bridgehead atoms. The molecule has 0 heterocycles. The third-order valence-corrected chi connectivity index (χ3v) is 3.47. The summed E-state index contributed by atoms with van der Waals surface area (Å²) in [6.07, 6.45) is 1.03. The van der Waals surface area contributed by atoms with Gasteiger partial charge in [0, 0.05) is 5.56 Å². The van der Waals surface area contributed by atoms with Crippen LogP contribution in [0.3, 0.4) is 0 Å². The van der Waals surface area contributed by atoms with Gasteiger partial charge in [0.05, 0.1) is 5.02 Å². The number of benzene rings is 2. The van der Waals surface area contributed by atoms with Gasteiger partial charge in [-0.05, 0) is 42.7 Å². The SMILES string of the molecule is CCc1ccc(COc2ccc(C(C)=O)c(Cl)c2)cc1. The first-order valence-corrected chi connectivity index (χ1v) is 6.99. The molecule has 2 rings (SSSR count). The van der Waals surface area contributed by atoms with E-state index in [-0.39, 0.29) is 5.78 Å². The smallest absolute Gasteiger partial charge is 0.161 e. The first-order valence-electron chi connectivity index (χ1n) is 6.61. The van der Waals surface area contributed by atoms with Gasteiger partial charge in [-0.1, -0.05) is 42.8 Å². The molecule has 0 N–H and O–H groups in total. The summed E-state index contributed by atoms with van der Waals surface area (Å²) in [5.74, 6) is 0.622. The highest BCUT2D eigenvalue weighted by Crippen LogP contribution is 2.23. The molecule has 0 aliphatic rings. The number of hydrogen-bond acceptors (Lipinski definition) is 2. The molecule has 0 amide bonds. The van der Waals surface area contributed by atoms with Crippen molar-refractivity contribution in [2.45, 2.75) is 26.9 Å². The summed E-state index contributed by atoms with van der Waals surface area (Å²) in [5, 5.41) is 0.427. The molecule has 0 saturated carbocycles. The molecule has 2 aromatic rings. The topological polar surface area (TPSA) is 26.3 Å². The lowest BCUT2D eigenvalue weighted by Gasteiger charge is -2.08. The quantitative estimate of drug-likeness (QED) is 0.747. The third-order valence-electron chi connectivity index (χ3n) is 3.16. The fourth-order valence-electron chi connectivity index (χ4n) is 1.91. The summed E-state index contributed by atoms with van der Waals surface area (Å²) in [5.41, 5.74) is 2.93. The lowest BCUT2D eigenvalue weighted by molar-refractivity contribution is 0.101. The van der Waals surface area contributed by atoms with Crippen molar-refractivity contribution in [3.8, 4) is 5.75 Å². The molecule has 20 heavy (non-hydrogen) atoms. The van der Waals surface area contributed by atoms with Crippen LogP contribution in [-0.4, -0.2) is 5.78 Å². The minimum atomic E-state index is -0.0447. The highest BCUT2D eigenvalue weighted by Gasteiger charge is 2.06. The maximum absolute atomic E-state index is 11.3. The number of rotatable bonds is 5. The molecule has 0 aromatic heterocycles. The Labute approximate surface area is 124 Å². The molecule has 104 valence electrons. The zero-order valence-electron chi connectivity index (χ0n) is 11.7. The van der Waals surface area contributed by atoms with Gasteiger partial charge in [-0.15, -0.1) is 0 Å². The number of carbonyl (C=O) groups excluding carboxylic acids is 1. The van der Waals surface area contributed by atoms with Gasteiger partial charge >= 0.3 is 0 Å². The van der Waals surface area contributed by atoms with E-state index in [1.54, 1.807) is 18.2 Å². The van der Waals surface area contributed by atoms with Crippen LogP contribution in [-0.2, 0) is 13.0 Å². The van der Waals surface area contributed by atoms with E-state index >= 15 is 0 Å². The van der Waals surface area contributed by atoms with E-state index in [0.717, 1.165) is 12.0 Å². The summed E-state index contributed by atoms with van der Waals surface area (Å²) >= 11 is 6.04. The molecule has 0 fully saturated rings. The van der Waals surface area contributed by atoms with Crippen LogP contribution in [0.2, 0.25) is 5.02 Å². The molecule has 0 spiro atoms. The number of ether oxygens (including phenoxy) is 1. The highest BCUT2D eigenvalue weighted by atomic mass is 35.5. The molecule has 2 nitrogen and oxygen atoms in total. The van der Waals surface area contributed by atoms with Crippen molar-refractivity contribution < 1.29 is 9.53 Å². The van der Waals surface area contributed by atoms with E-state index in [2.05, 4.69) is 31.2 Å². The van der Waals surface area contributed by atoms with Crippen molar-refractivity contribution in [3.05, 3.63) is 64.2 Å². The van der Waals surface area contributed by atoms with Crippen molar-refractivity contribution in [2.24, 2.45) is 0 Å². The Morgan fingerprint density at radius 1 is 1.10 bits per heavy atom. The van der Waals surface area contributed by atoms with E-state index in [9.17, 15) is 4.79 Å². The van der Waals surface area contributed by atoms with E-state index in [1.165, 1.54) is 12.5 Å². The summed E-state index contributed by atoms with van der Waals surface area (Å²) in [6.45, 7) is 4.11. The minimum Gasteiger partial charge on any atom is -0.489 e. The molecule has 0 aliphatic heterocycles. The first-order chi connectivity index (χ1) is 9.60. The molecule has 0 atom stereocenters. The second-order valence-corrected chi connectivity index (χ2v) is 5.06. The van der Waals surface area contributed by atoms with Crippen LogP contribution in [0, 0.1) is 0 Å². The van der Waals surface area contributed by atoms with Gasteiger partial charge in [-0.3, -0.25) is 4.79 Å². The van der Waals surface area contributed by atoms with Crippen molar-refractivity contribution >= 4 is 17.4 Å². The average molecular weight is 289 g/mol. The Morgan fingerprint density at radius 2 is 1.75 bits per heavy atom. The van der Waals surface area contributed by atoms with E-state index in [1.807, 2.05) is 0 Å². The maximum Gasteiger partial charge on any atom is 0.161 e. The summed E-state index contributed by atoms with van der Waals surface area (Å²) in [7, 11) is 0. The lowest BCUT2D eigenvalue weighted by Crippen LogP contribution is -1.98. The summed E-state index contributed by atoms with van der Waals surface area (Å²) in [4.78, 5) is 11.3. The largest absolute Gasteiger partial charge is 0.489 e. The number of carbonyl (C=O) groups is 1. The molecule has 2 aromatic carbocycles. The second-order valence-electron chi connectivity index (χ2n) is 4.66. The fourth-order valence-corrected chi connectivity index (χ4v) is 2.21. The number of hydrogen-bond donors (Lipinski definition) is 0. The Kier molecular flexibility index (Phi) is 4.80. The van der Waals surface area contributed by atoms with Gasteiger partial charge in [0.2, 0.25) is 0 Å². The Hall–Kier alpha value is -1.80. The first kappa shape index (κ1) is 14.6. The van der Waals surface area contributed by atoms with Crippen molar-refractivity contribution in [1.29, 1.82) is 0 Å². The molecular weight excluding hydrogens is 272 g/mol. The standard InChI is InChI=1S/C17H17ClO2/c1-3-13-4-6-14(7-5-13)11-20-15-8-9-16(12(2)19)17(18)10-15/h4-10H,3,11H2,1-2H3. The Morgan fingerprint density at radius 3 is 2.30 bits per heavy atom. The zero-order valence-corrected chi connectivity index (χ0v) is 12.4. The molecule has 0 radical (unpaired) electrons.